The van der Waals surface area contributed by atoms with E-state index in [1.165, 1.54) is 0 Å². The molecule has 2 rings (SSSR count). The van der Waals surface area contributed by atoms with Crippen molar-refractivity contribution in [2.45, 2.75) is 6.54 Å². The third-order valence-corrected chi connectivity index (χ3v) is 5.37. The van der Waals surface area contributed by atoms with Gasteiger partial charge in [-0.1, -0.05) is 23.7 Å². The van der Waals surface area contributed by atoms with Crippen molar-refractivity contribution in [3.05, 3.63) is 34.9 Å². The molecule has 1 aromatic rings. The predicted octanol–water partition coefficient (Wildman–Crippen LogP) is 2.43. The van der Waals surface area contributed by atoms with Crippen molar-refractivity contribution in [2.24, 2.45) is 0 Å². The lowest BCUT2D eigenvalue weighted by Gasteiger charge is -2.44. The molecule has 0 spiro atoms. The first-order valence-corrected chi connectivity index (χ1v) is 8.67. The molecule has 1 aliphatic rings. The number of rotatable bonds is 6. The van der Waals surface area contributed by atoms with E-state index in [1.807, 2.05) is 24.3 Å². The van der Waals surface area contributed by atoms with Gasteiger partial charge in [-0.25, -0.2) is 4.31 Å². The van der Waals surface area contributed by atoms with Crippen LogP contribution in [-0.4, -0.2) is 52.0 Å². The first-order chi connectivity index (χ1) is 9.58. The molecule has 5 nitrogen and oxygen atoms in total. The standard InChI is InChI=1S/C13H21ClN2O3S/c14-13-3-1-12(2-4-13)11-15-5-10-20(17,18)16-6-8-19-9-7-16/h1-4,15,17-18H,5-11H2. The number of nitrogens with one attached hydrogen (secondary N) is 1. The minimum atomic E-state index is -2.67. The number of hydrogen-bond acceptors (Lipinski definition) is 5. The summed E-state index contributed by atoms with van der Waals surface area (Å²) in [6.45, 7) is 3.54. The van der Waals surface area contributed by atoms with Gasteiger partial charge in [-0.2, -0.15) is 0 Å². The highest BCUT2D eigenvalue weighted by Gasteiger charge is 2.24. The van der Waals surface area contributed by atoms with Crippen molar-refractivity contribution in [3.63, 3.8) is 0 Å². The molecule has 0 aromatic heterocycles. The topological polar surface area (TPSA) is 65.0 Å². The lowest BCUT2D eigenvalue weighted by molar-refractivity contribution is 0.0686. The van der Waals surface area contributed by atoms with Crippen molar-refractivity contribution in [1.29, 1.82) is 0 Å². The van der Waals surface area contributed by atoms with E-state index in [9.17, 15) is 9.11 Å². The van der Waals surface area contributed by atoms with Gasteiger partial charge in [0, 0.05) is 31.2 Å². The van der Waals surface area contributed by atoms with Crippen molar-refractivity contribution < 1.29 is 13.8 Å². The summed E-state index contributed by atoms with van der Waals surface area (Å²) < 4.78 is 27.2. The second kappa shape index (κ2) is 7.61. The van der Waals surface area contributed by atoms with E-state index in [0.29, 0.717) is 45.1 Å². The van der Waals surface area contributed by atoms with Gasteiger partial charge in [0.1, 0.15) is 0 Å². The zero-order valence-electron chi connectivity index (χ0n) is 11.3. The van der Waals surface area contributed by atoms with Crippen LogP contribution in [0.3, 0.4) is 0 Å². The molecule has 0 atom stereocenters. The average molecular weight is 321 g/mol. The van der Waals surface area contributed by atoms with Gasteiger partial charge in [-0.05, 0) is 17.7 Å². The Labute approximate surface area is 126 Å². The highest BCUT2D eigenvalue weighted by molar-refractivity contribution is 8.22. The fourth-order valence-corrected chi connectivity index (χ4v) is 3.55. The second-order valence-electron chi connectivity index (χ2n) is 4.68. The van der Waals surface area contributed by atoms with Crippen LogP contribution < -0.4 is 5.32 Å². The quantitative estimate of drug-likeness (QED) is 0.703. The molecule has 0 amide bonds. The molecule has 0 aliphatic carbocycles. The van der Waals surface area contributed by atoms with Crippen LogP contribution >= 0.6 is 22.4 Å². The van der Waals surface area contributed by atoms with Crippen LogP contribution in [0.1, 0.15) is 5.56 Å². The molecule has 0 radical (unpaired) electrons. The Morgan fingerprint density at radius 2 is 1.85 bits per heavy atom. The van der Waals surface area contributed by atoms with E-state index in [4.69, 9.17) is 16.3 Å². The molecular weight excluding hydrogens is 300 g/mol. The van der Waals surface area contributed by atoms with Gasteiger partial charge < -0.3 is 10.1 Å². The third-order valence-electron chi connectivity index (χ3n) is 3.18. The van der Waals surface area contributed by atoms with Crippen molar-refractivity contribution in [1.82, 2.24) is 9.62 Å². The van der Waals surface area contributed by atoms with E-state index < -0.39 is 10.8 Å². The van der Waals surface area contributed by atoms with Crippen molar-refractivity contribution in [3.8, 4) is 0 Å². The smallest absolute Gasteiger partial charge is 0.0655 e. The van der Waals surface area contributed by atoms with E-state index in [2.05, 4.69) is 5.32 Å². The molecule has 3 N–H and O–H groups in total. The highest BCUT2D eigenvalue weighted by atomic mass is 35.5. The van der Waals surface area contributed by atoms with Crippen LogP contribution in [-0.2, 0) is 11.3 Å². The summed E-state index contributed by atoms with van der Waals surface area (Å²) in [5.41, 5.74) is 1.12. The van der Waals surface area contributed by atoms with Gasteiger partial charge in [0.2, 0.25) is 0 Å². The maximum Gasteiger partial charge on any atom is 0.0655 e. The third kappa shape index (κ3) is 4.89. The average Bonchev–Trinajstić information content (AvgIpc) is 2.46. The van der Waals surface area contributed by atoms with Crippen LogP contribution in [0.15, 0.2) is 24.3 Å². The number of halogens is 1. The normalized spacial score (nSPS) is 18.1. The summed E-state index contributed by atoms with van der Waals surface area (Å²) in [4.78, 5) is 0. The molecule has 1 fully saturated rings. The van der Waals surface area contributed by atoms with E-state index in [1.54, 1.807) is 4.31 Å². The number of nitrogens with zero attached hydrogens (tertiary/aromatic N) is 1. The van der Waals surface area contributed by atoms with E-state index in [0.717, 1.165) is 10.6 Å². The van der Waals surface area contributed by atoms with Gasteiger partial charge in [0.25, 0.3) is 0 Å². The van der Waals surface area contributed by atoms with E-state index >= 15 is 0 Å². The van der Waals surface area contributed by atoms with Gasteiger partial charge in [0.05, 0.1) is 19.0 Å². The van der Waals surface area contributed by atoms with Gasteiger partial charge in [0.15, 0.2) is 0 Å². The number of hydrogen-bond donors (Lipinski definition) is 3. The Morgan fingerprint density at radius 1 is 1.20 bits per heavy atom. The number of ether oxygens (including phenoxy) is 1. The molecule has 0 unspecified atom stereocenters. The van der Waals surface area contributed by atoms with Gasteiger partial charge in [-0.3, -0.25) is 9.11 Å². The van der Waals surface area contributed by atoms with Gasteiger partial charge >= 0.3 is 0 Å². The molecule has 1 aromatic carbocycles. The Bertz CT molecular complexity index is 411. The maximum absolute atomic E-state index is 10.1. The Morgan fingerprint density at radius 3 is 2.50 bits per heavy atom. The van der Waals surface area contributed by atoms with Gasteiger partial charge in [-0.15, -0.1) is 10.8 Å². The number of morpholine rings is 1. The van der Waals surface area contributed by atoms with Crippen LogP contribution in [0.2, 0.25) is 5.02 Å². The lowest BCUT2D eigenvalue weighted by atomic mass is 10.2. The Kier molecular flexibility index (Phi) is 6.10. The Hall–Kier alpha value is -0.340. The zero-order chi connectivity index (χ0) is 14.4. The highest BCUT2D eigenvalue weighted by Crippen LogP contribution is 2.42. The number of benzene rings is 1. The first-order valence-electron chi connectivity index (χ1n) is 6.62. The molecule has 1 saturated heterocycles. The summed E-state index contributed by atoms with van der Waals surface area (Å²) in [6, 6.07) is 7.60. The predicted molar refractivity (Wildman–Crippen MR) is 83.3 cm³/mol. The maximum atomic E-state index is 10.1. The lowest BCUT2D eigenvalue weighted by Crippen LogP contribution is -2.40. The van der Waals surface area contributed by atoms with Crippen LogP contribution in [0, 0.1) is 0 Å². The molecule has 0 bridgehead atoms. The summed E-state index contributed by atoms with van der Waals surface area (Å²) in [5.74, 6) is 0.334. The summed E-state index contributed by atoms with van der Waals surface area (Å²) in [6.07, 6.45) is 0. The van der Waals surface area contributed by atoms with Crippen LogP contribution in [0.5, 0.6) is 0 Å². The van der Waals surface area contributed by atoms with E-state index in [-0.39, 0.29) is 0 Å². The molecular formula is C13H21ClN2O3S. The summed E-state index contributed by atoms with van der Waals surface area (Å²) in [5, 5.41) is 3.93. The fraction of sp³-hybridized carbons (Fsp3) is 0.538. The summed E-state index contributed by atoms with van der Waals surface area (Å²) in [7, 11) is -2.67. The Balaban J connectivity index is 1.70. The minimum Gasteiger partial charge on any atom is -0.379 e. The first kappa shape index (κ1) is 16.0. The molecule has 7 heteroatoms. The molecule has 0 saturated carbocycles. The molecule has 20 heavy (non-hydrogen) atoms. The minimum absolute atomic E-state index is 0.334. The van der Waals surface area contributed by atoms with Crippen molar-refractivity contribution in [2.75, 3.05) is 38.6 Å². The van der Waals surface area contributed by atoms with Crippen LogP contribution in [0.25, 0.3) is 0 Å². The molecule has 1 aliphatic heterocycles. The molecule has 1 heterocycles. The molecule has 114 valence electrons. The monoisotopic (exact) mass is 320 g/mol. The SMILES string of the molecule is OS(O)(CCNCc1ccc(Cl)cc1)N1CCOCC1. The summed E-state index contributed by atoms with van der Waals surface area (Å²) >= 11 is 5.82. The second-order valence-corrected chi connectivity index (χ2v) is 7.31. The van der Waals surface area contributed by atoms with Crippen molar-refractivity contribution >= 4 is 22.4 Å². The zero-order valence-corrected chi connectivity index (χ0v) is 12.9. The van der Waals surface area contributed by atoms with Crippen LogP contribution in [0.4, 0.5) is 0 Å². The largest absolute Gasteiger partial charge is 0.379 e. The fourth-order valence-electron chi connectivity index (χ4n) is 2.01.